The van der Waals surface area contributed by atoms with E-state index in [-0.39, 0.29) is 0 Å². The molecule has 0 bridgehead atoms. The normalized spacial score (nSPS) is 23.6. The number of rotatable bonds is 5. The van der Waals surface area contributed by atoms with Crippen molar-refractivity contribution < 1.29 is 4.74 Å². The van der Waals surface area contributed by atoms with Crippen LogP contribution in [0.2, 0.25) is 0 Å². The van der Waals surface area contributed by atoms with Gasteiger partial charge in [-0.15, -0.1) is 0 Å². The number of aryl methyl sites for hydroxylation is 1. The number of likely N-dealkylation sites (tertiary alicyclic amines) is 1. The van der Waals surface area contributed by atoms with E-state index >= 15 is 0 Å². The molecule has 1 aliphatic heterocycles. The van der Waals surface area contributed by atoms with E-state index in [4.69, 9.17) is 4.74 Å². The summed E-state index contributed by atoms with van der Waals surface area (Å²) in [6, 6.07) is 7.58. The summed E-state index contributed by atoms with van der Waals surface area (Å²) >= 11 is 0. The van der Waals surface area contributed by atoms with Crippen LogP contribution in [0.25, 0.3) is 0 Å². The molecule has 1 aromatic rings. The Morgan fingerprint density at radius 1 is 1.42 bits per heavy atom. The van der Waals surface area contributed by atoms with Crippen molar-refractivity contribution in [2.45, 2.75) is 45.7 Å². The second kappa shape index (κ2) is 6.29. The van der Waals surface area contributed by atoms with Gasteiger partial charge in [-0.05, 0) is 51.4 Å². The fourth-order valence-corrected chi connectivity index (χ4v) is 2.60. The van der Waals surface area contributed by atoms with Crippen molar-refractivity contribution in [3.63, 3.8) is 0 Å². The number of nitrogens with zero attached hydrogens (tertiary/aromatic N) is 1. The number of ether oxygens (including phenoxy) is 1. The molecule has 0 aromatic heterocycles. The smallest absolute Gasteiger partial charge is 0.142 e. The predicted molar refractivity (Wildman–Crippen MR) is 81.1 cm³/mol. The second-order valence-corrected chi connectivity index (χ2v) is 5.71. The fourth-order valence-electron chi connectivity index (χ4n) is 2.60. The standard InChI is InChI=1S/C16H26N2O/c1-5-8-19-16-9-12(2)6-7-15(16)17-14-10-13(3)18(4)11-14/h6-7,9,13-14,17H,5,8,10-11H2,1-4H3. The molecule has 0 saturated carbocycles. The molecule has 1 aliphatic rings. The molecule has 1 aromatic carbocycles. The second-order valence-electron chi connectivity index (χ2n) is 5.71. The highest BCUT2D eigenvalue weighted by Gasteiger charge is 2.26. The van der Waals surface area contributed by atoms with E-state index < -0.39 is 0 Å². The molecule has 19 heavy (non-hydrogen) atoms. The summed E-state index contributed by atoms with van der Waals surface area (Å²) < 4.78 is 5.85. The number of nitrogens with one attached hydrogen (secondary N) is 1. The van der Waals surface area contributed by atoms with Crippen LogP contribution in [0.1, 0.15) is 32.3 Å². The molecule has 1 fully saturated rings. The summed E-state index contributed by atoms with van der Waals surface area (Å²) in [5.74, 6) is 0.990. The Labute approximate surface area is 116 Å². The lowest BCUT2D eigenvalue weighted by molar-refractivity contribution is 0.318. The van der Waals surface area contributed by atoms with Gasteiger partial charge in [0.25, 0.3) is 0 Å². The van der Waals surface area contributed by atoms with Gasteiger partial charge < -0.3 is 15.0 Å². The van der Waals surface area contributed by atoms with Gasteiger partial charge in [0, 0.05) is 18.6 Å². The molecule has 2 unspecified atom stereocenters. The zero-order valence-corrected chi connectivity index (χ0v) is 12.6. The van der Waals surface area contributed by atoms with Crippen molar-refractivity contribution in [1.29, 1.82) is 0 Å². The van der Waals surface area contributed by atoms with Gasteiger partial charge in [0.15, 0.2) is 0 Å². The number of benzene rings is 1. The van der Waals surface area contributed by atoms with E-state index in [1.54, 1.807) is 0 Å². The van der Waals surface area contributed by atoms with Gasteiger partial charge >= 0.3 is 0 Å². The van der Waals surface area contributed by atoms with E-state index in [1.165, 1.54) is 12.0 Å². The minimum Gasteiger partial charge on any atom is -0.491 e. The van der Waals surface area contributed by atoms with Crippen LogP contribution in [-0.2, 0) is 0 Å². The third-order valence-electron chi connectivity index (χ3n) is 3.84. The van der Waals surface area contributed by atoms with Gasteiger partial charge in [0.2, 0.25) is 0 Å². The van der Waals surface area contributed by atoms with Crippen molar-refractivity contribution in [3.8, 4) is 5.75 Å². The number of anilines is 1. The molecule has 0 aliphatic carbocycles. The van der Waals surface area contributed by atoms with Gasteiger partial charge in [0.05, 0.1) is 12.3 Å². The summed E-state index contributed by atoms with van der Waals surface area (Å²) in [6.07, 6.45) is 2.23. The SMILES string of the molecule is CCCOc1cc(C)ccc1NC1CC(C)N(C)C1. The first kappa shape index (κ1) is 14.2. The molecule has 1 saturated heterocycles. The third-order valence-corrected chi connectivity index (χ3v) is 3.84. The number of hydrogen-bond donors (Lipinski definition) is 1. The summed E-state index contributed by atoms with van der Waals surface area (Å²) in [6.45, 7) is 8.40. The fraction of sp³-hybridized carbons (Fsp3) is 0.625. The molecule has 2 atom stereocenters. The van der Waals surface area contributed by atoms with E-state index in [2.05, 4.69) is 56.2 Å². The first-order chi connectivity index (χ1) is 9.10. The average Bonchev–Trinajstić information content (AvgIpc) is 2.68. The van der Waals surface area contributed by atoms with Gasteiger partial charge in [-0.3, -0.25) is 0 Å². The lowest BCUT2D eigenvalue weighted by atomic mass is 10.1. The van der Waals surface area contributed by atoms with Gasteiger partial charge in [0.1, 0.15) is 5.75 Å². The minimum atomic E-state index is 0.520. The molecular weight excluding hydrogens is 236 g/mol. The highest BCUT2D eigenvalue weighted by molar-refractivity contribution is 5.58. The van der Waals surface area contributed by atoms with Crippen molar-refractivity contribution in [2.24, 2.45) is 0 Å². The Kier molecular flexibility index (Phi) is 4.70. The summed E-state index contributed by atoms with van der Waals surface area (Å²) in [5, 5.41) is 3.64. The highest BCUT2D eigenvalue weighted by atomic mass is 16.5. The molecule has 0 amide bonds. The topological polar surface area (TPSA) is 24.5 Å². The maximum Gasteiger partial charge on any atom is 0.142 e. The summed E-state index contributed by atoms with van der Waals surface area (Å²) in [4.78, 5) is 2.40. The van der Waals surface area contributed by atoms with E-state index in [9.17, 15) is 0 Å². The molecule has 3 heteroatoms. The van der Waals surface area contributed by atoms with E-state index in [1.807, 2.05) is 0 Å². The molecule has 1 heterocycles. The van der Waals surface area contributed by atoms with Crippen molar-refractivity contribution in [2.75, 3.05) is 25.5 Å². The Balaban J connectivity index is 2.06. The molecular formula is C16H26N2O. The zero-order chi connectivity index (χ0) is 13.8. The van der Waals surface area contributed by atoms with Crippen molar-refractivity contribution in [3.05, 3.63) is 23.8 Å². The van der Waals surface area contributed by atoms with Crippen LogP contribution in [0, 0.1) is 6.92 Å². The Morgan fingerprint density at radius 2 is 2.21 bits per heavy atom. The predicted octanol–water partition coefficient (Wildman–Crippen LogP) is 3.29. The van der Waals surface area contributed by atoms with Crippen LogP contribution in [-0.4, -0.2) is 37.2 Å². The van der Waals surface area contributed by atoms with Crippen LogP contribution in [0.5, 0.6) is 5.75 Å². The van der Waals surface area contributed by atoms with Crippen LogP contribution in [0.4, 0.5) is 5.69 Å². The van der Waals surface area contributed by atoms with Crippen molar-refractivity contribution in [1.82, 2.24) is 4.90 Å². The third kappa shape index (κ3) is 3.63. The highest BCUT2D eigenvalue weighted by Crippen LogP contribution is 2.29. The van der Waals surface area contributed by atoms with Gasteiger partial charge in [-0.1, -0.05) is 13.0 Å². The zero-order valence-electron chi connectivity index (χ0n) is 12.6. The Hall–Kier alpha value is -1.22. The first-order valence-electron chi connectivity index (χ1n) is 7.30. The van der Waals surface area contributed by atoms with E-state index in [0.717, 1.165) is 31.0 Å². The Bertz CT molecular complexity index is 409. The van der Waals surface area contributed by atoms with Crippen molar-refractivity contribution >= 4 is 5.69 Å². The first-order valence-corrected chi connectivity index (χ1v) is 7.30. The summed E-state index contributed by atoms with van der Waals surface area (Å²) in [7, 11) is 2.19. The average molecular weight is 262 g/mol. The molecule has 0 spiro atoms. The molecule has 0 radical (unpaired) electrons. The Morgan fingerprint density at radius 3 is 2.84 bits per heavy atom. The molecule has 2 rings (SSSR count). The largest absolute Gasteiger partial charge is 0.491 e. The van der Waals surface area contributed by atoms with Crippen LogP contribution < -0.4 is 10.1 Å². The maximum atomic E-state index is 5.85. The molecule has 3 nitrogen and oxygen atoms in total. The lowest BCUT2D eigenvalue weighted by Crippen LogP contribution is -2.25. The van der Waals surface area contributed by atoms with E-state index in [0.29, 0.717) is 12.1 Å². The lowest BCUT2D eigenvalue weighted by Gasteiger charge is -2.18. The van der Waals surface area contributed by atoms with Crippen LogP contribution >= 0.6 is 0 Å². The number of likely N-dealkylation sites (N-methyl/N-ethyl adjacent to an activating group) is 1. The van der Waals surface area contributed by atoms with Crippen LogP contribution in [0.15, 0.2) is 18.2 Å². The molecule has 1 N–H and O–H groups in total. The number of hydrogen-bond acceptors (Lipinski definition) is 3. The van der Waals surface area contributed by atoms with Gasteiger partial charge in [-0.25, -0.2) is 0 Å². The minimum absolute atomic E-state index is 0.520. The van der Waals surface area contributed by atoms with Gasteiger partial charge in [-0.2, -0.15) is 0 Å². The van der Waals surface area contributed by atoms with Crippen LogP contribution in [0.3, 0.4) is 0 Å². The quantitative estimate of drug-likeness (QED) is 0.881. The maximum absolute atomic E-state index is 5.85. The summed E-state index contributed by atoms with van der Waals surface area (Å²) in [5.41, 5.74) is 2.38. The monoisotopic (exact) mass is 262 g/mol. The molecule has 106 valence electrons.